The lowest BCUT2D eigenvalue weighted by Gasteiger charge is -2.28. The number of para-hydroxylation sites is 3. The lowest BCUT2D eigenvalue weighted by molar-refractivity contribution is 0.617. The van der Waals surface area contributed by atoms with Crippen LogP contribution in [0.5, 0.6) is 0 Å². The van der Waals surface area contributed by atoms with E-state index in [9.17, 15) is 0 Å². The predicted molar refractivity (Wildman–Crippen MR) is 249 cm³/mol. The number of anilines is 6. The smallest absolute Gasteiger partial charge is 0.0933 e. The van der Waals surface area contributed by atoms with Gasteiger partial charge >= 0.3 is 0 Å². The Labute approximate surface area is 352 Å². The third kappa shape index (κ3) is 5.66. The lowest BCUT2D eigenvalue weighted by Crippen LogP contribution is -2.20. The van der Waals surface area contributed by atoms with E-state index in [2.05, 4.69) is 232 Å². The molecule has 11 rings (SSSR count). The number of hydrogen-bond donors (Lipinski definition) is 0. The number of benzene rings is 8. The van der Waals surface area contributed by atoms with Crippen LogP contribution in [0, 0.1) is 0 Å². The van der Waals surface area contributed by atoms with E-state index in [0.29, 0.717) is 0 Å². The number of aromatic nitrogens is 2. The van der Waals surface area contributed by atoms with Crippen LogP contribution in [0.1, 0.15) is 50.2 Å². The monoisotopic (exact) mass is 772 g/mol. The minimum Gasteiger partial charge on any atom is -0.311 e. The van der Waals surface area contributed by atoms with Crippen molar-refractivity contribution in [3.8, 4) is 33.6 Å². The van der Waals surface area contributed by atoms with Crippen molar-refractivity contribution in [3.05, 3.63) is 217 Å². The Balaban J connectivity index is 0.946. The zero-order chi connectivity index (χ0) is 40.6. The molecule has 60 heavy (non-hydrogen) atoms. The summed E-state index contributed by atoms with van der Waals surface area (Å²) in [5.41, 5.74) is 17.3. The van der Waals surface area contributed by atoms with Crippen LogP contribution in [0.3, 0.4) is 0 Å². The van der Waals surface area contributed by atoms with Gasteiger partial charge in [0.2, 0.25) is 0 Å². The number of nitrogens with zero attached hydrogens (tertiary/aromatic N) is 4. The van der Waals surface area contributed by atoms with E-state index in [1.807, 2.05) is 0 Å². The summed E-state index contributed by atoms with van der Waals surface area (Å²) >= 11 is 0. The molecule has 0 spiro atoms. The fourth-order valence-electron chi connectivity index (χ4n) is 9.52. The summed E-state index contributed by atoms with van der Waals surface area (Å²) in [6.07, 6.45) is 0. The first-order valence-electron chi connectivity index (χ1n) is 20.8. The van der Waals surface area contributed by atoms with Crippen molar-refractivity contribution < 1.29 is 0 Å². The summed E-state index contributed by atoms with van der Waals surface area (Å²) < 4.78 is 0. The minimum absolute atomic E-state index is 0.326. The molecule has 4 nitrogen and oxygen atoms in total. The van der Waals surface area contributed by atoms with E-state index in [1.165, 1.54) is 38.6 Å². The van der Waals surface area contributed by atoms with Gasteiger partial charge in [-0.2, -0.15) is 0 Å². The maximum Gasteiger partial charge on any atom is 0.0933 e. The molecule has 0 bridgehead atoms. The van der Waals surface area contributed by atoms with Gasteiger partial charge in [-0.25, -0.2) is 9.97 Å². The second kappa shape index (κ2) is 13.6. The minimum atomic E-state index is -0.351. The van der Waals surface area contributed by atoms with Crippen LogP contribution in [-0.4, -0.2) is 9.97 Å². The molecule has 8 aromatic carbocycles. The highest BCUT2D eigenvalue weighted by Crippen LogP contribution is 2.54. The van der Waals surface area contributed by atoms with Gasteiger partial charge < -0.3 is 9.80 Å². The molecule has 1 heterocycles. The molecule has 0 unspecified atom stereocenters. The molecule has 2 aliphatic rings. The molecular formula is C56H44N4. The molecule has 0 N–H and O–H groups in total. The Hall–Kier alpha value is -7.30. The Morgan fingerprint density at radius 3 is 1.30 bits per heavy atom. The van der Waals surface area contributed by atoms with E-state index in [0.717, 1.165) is 62.5 Å². The van der Waals surface area contributed by atoms with Crippen LogP contribution in [0.15, 0.2) is 194 Å². The van der Waals surface area contributed by atoms with E-state index >= 15 is 0 Å². The second-order valence-corrected chi connectivity index (χ2v) is 17.1. The lowest BCUT2D eigenvalue weighted by atomic mass is 9.84. The molecule has 0 radical (unpaired) electrons. The largest absolute Gasteiger partial charge is 0.311 e. The van der Waals surface area contributed by atoms with Gasteiger partial charge in [0.05, 0.1) is 22.8 Å². The Morgan fingerprint density at radius 1 is 0.333 bits per heavy atom. The van der Waals surface area contributed by atoms with Crippen LogP contribution in [0.4, 0.5) is 34.1 Å². The molecule has 288 valence electrons. The highest BCUT2D eigenvalue weighted by atomic mass is 15.1. The summed E-state index contributed by atoms with van der Waals surface area (Å²) in [4.78, 5) is 15.8. The zero-order valence-electron chi connectivity index (χ0n) is 34.3. The quantitative estimate of drug-likeness (QED) is 0.161. The van der Waals surface area contributed by atoms with E-state index in [1.54, 1.807) is 0 Å². The van der Waals surface area contributed by atoms with Crippen LogP contribution < -0.4 is 9.80 Å². The third-order valence-electron chi connectivity index (χ3n) is 12.7. The Morgan fingerprint density at radius 2 is 0.733 bits per heavy atom. The average molecular weight is 773 g/mol. The Kier molecular flexibility index (Phi) is 8.15. The number of hydrogen-bond acceptors (Lipinski definition) is 4. The zero-order valence-corrected chi connectivity index (χ0v) is 34.3. The molecule has 0 amide bonds. The van der Waals surface area contributed by atoms with Crippen molar-refractivity contribution in [1.29, 1.82) is 0 Å². The first kappa shape index (κ1) is 35.8. The number of rotatable bonds is 7. The SMILES string of the molecule is CC1(C)c2cc(-c3ccc(N(c4ccccc4)c4ccccc4)cc3)ccc2-c2nc3c(nc21)-c1ccc(N(c2ccccc2)c2ccc4ccccc4c2)cc1C3(C)C. The van der Waals surface area contributed by atoms with Crippen molar-refractivity contribution in [1.82, 2.24) is 9.97 Å². The van der Waals surface area contributed by atoms with E-state index < -0.39 is 0 Å². The fraction of sp³-hybridized carbons (Fsp3) is 0.107. The first-order chi connectivity index (χ1) is 29.3. The van der Waals surface area contributed by atoms with Crippen molar-refractivity contribution in [3.63, 3.8) is 0 Å². The average Bonchev–Trinajstić information content (AvgIpc) is 3.65. The normalized spacial score (nSPS) is 13.9. The summed E-state index contributed by atoms with van der Waals surface area (Å²) in [6.45, 7) is 9.20. The van der Waals surface area contributed by atoms with Gasteiger partial charge in [0, 0.05) is 56.1 Å². The molecule has 0 saturated heterocycles. The summed E-state index contributed by atoms with van der Waals surface area (Å²) in [6, 6.07) is 69.7. The second-order valence-electron chi connectivity index (χ2n) is 17.1. The first-order valence-corrected chi connectivity index (χ1v) is 20.8. The third-order valence-corrected chi connectivity index (χ3v) is 12.7. The summed E-state index contributed by atoms with van der Waals surface area (Å²) in [5.74, 6) is 0. The number of fused-ring (bicyclic) bond motifs is 7. The van der Waals surface area contributed by atoms with Gasteiger partial charge in [-0.05, 0) is 112 Å². The van der Waals surface area contributed by atoms with Crippen molar-refractivity contribution in [2.24, 2.45) is 0 Å². The standard InChI is InChI=1S/C56H44N4/c1-55(2)49-35-40(38-24-28-44(29-25-38)59(41-18-8-5-9-19-41)42-20-10-6-11-21-42)27-32-47(49)51-53(55)58-52-48-33-31-46(36-50(48)56(3,4)54(52)57-51)60(43-22-12-7-13-23-43)45-30-26-37-16-14-15-17-39(37)34-45/h5-36H,1-4H3. The molecule has 0 aliphatic heterocycles. The van der Waals surface area contributed by atoms with Crippen molar-refractivity contribution in [2.75, 3.05) is 9.80 Å². The molecule has 0 fully saturated rings. The topological polar surface area (TPSA) is 32.3 Å². The van der Waals surface area contributed by atoms with Crippen LogP contribution in [-0.2, 0) is 10.8 Å². The summed E-state index contributed by atoms with van der Waals surface area (Å²) in [5, 5.41) is 2.45. The highest BCUT2D eigenvalue weighted by molar-refractivity contribution is 5.91. The molecular weight excluding hydrogens is 729 g/mol. The molecule has 1 aromatic heterocycles. The van der Waals surface area contributed by atoms with Crippen LogP contribution in [0.2, 0.25) is 0 Å². The van der Waals surface area contributed by atoms with Gasteiger partial charge in [-0.15, -0.1) is 0 Å². The molecule has 0 saturated carbocycles. The molecule has 0 atom stereocenters. The Bertz CT molecular complexity index is 3040. The van der Waals surface area contributed by atoms with E-state index in [-0.39, 0.29) is 10.8 Å². The van der Waals surface area contributed by atoms with Crippen molar-refractivity contribution in [2.45, 2.75) is 38.5 Å². The van der Waals surface area contributed by atoms with Gasteiger partial charge in [-0.1, -0.05) is 143 Å². The van der Waals surface area contributed by atoms with Gasteiger partial charge in [-0.3, -0.25) is 0 Å². The summed E-state index contributed by atoms with van der Waals surface area (Å²) in [7, 11) is 0. The van der Waals surface area contributed by atoms with Crippen LogP contribution in [0.25, 0.3) is 44.4 Å². The highest BCUT2D eigenvalue weighted by Gasteiger charge is 2.44. The molecule has 2 aliphatic carbocycles. The van der Waals surface area contributed by atoms with Crippen LogP contribution >= 0.6 is 0 Å². The van der Waals surface area contributed by atoms with Crippen molar-refractivity contribution >= 4 is 44.9 Å². The predicted octanol–water partition coefficient (Wildman–Crippen LogP) is 14.8. The maximum atomic E-state index is 5.57. The molecule has 4 heteroatoms. The molecule has 9 aromatic rings. The van der Waals surface area contributed by atoms with E-state index in [4.69, 9.17) is 9.97 Å². The van der Waals surface area contributed by atoms with Gasteiger partial charge in [0.1, 0.15) is 0 Å². The maximum absolute atomic E-state index is 5.57. The van der Waals surface area contributed by atoms with Gasteiger partial charge in [0.15, 0.2) is 0 Å². The fourth-order valence-corrected chi connectivity index (χ4v) is 9.52. The van der Waals surface area contributed by atoms with Gasteiger partial charge in [0.25, 0.3) is 0 Å².